The minimum atomic E-state index is -1.84. The highest BCUT2D eigenvalue weighted by molar-refractivity contribution is 5.85. The molecule has 0 saturated carbocycles. The van der Waals surface area contributed by atoms with Gasteiger partial charge in [-0.1, -0.05) is 103 Å². The molecule has 0 amide bonds. The summed E-state index contributed by atoms with van der Waals surface area (Å²) >= 11 is 0. The Kier molecular flexibility index (Phi) is 7.15. The molecule has 1 aliphatic heterocycles. The molecule has 0 aromatic heterocycles. The third-order valence-electron chi connectivity index (χ3n) is 5.89. The molecule has 1 saturated heterocycles. The number of carbonyl (C=O) groups is 1. The molecule has 164 valence electrons. The number of aliphatic hydroxyl groups is 1. The fraction of sp³-hybridized carbons (Fsp3) is 0.250. The molecule has 3 aromatic carbocycles. The van der Waals surface area contributed by atoms with E-state index in [1.54, 1.807) is 24.3 Å². The van der Waals surface area contributed by atoms with Crippen molar-refractivity contribution in [2.75, 3.05) is 19.6 Å². The van der Waals surface area contributed by atoms with Crippen LogP contribution in [0.3, 0.4) is 0 Å². The van der Waals surface area contributed by atoms with Gasteiger partial charge >= 0.3 is 5.97 Å². The minimum absolute atomic E-state index is 0.250. The fourth-order valence-corrected chi connectivity index (χ4v) is 4.17. The number of benzene rings is 3. The van der Waals surface area contributed by atoms with Crippen molar-refractivity contribution in [3.8, 4) is 0 Å². The zero-order valence-electron chi connectivity index (χ0n) is 18.1. The number of nitrogens with zero attached hydrogens (tertiary/aromatic N) is 1. The molecule has 4 rings (SSSR count). The number of hydrogen-bond acceptors (Lipinski definition) is 4. The second-order valence-electron chi connectivity index (χ2n) is 8.18. The van der Waals surface area contributed by atoms with E-state index < -0.39 is 11.6 Å². The van der Waals surface area contributed by atoms with Crippen molar-refractivity contribution < 1.29 is 14.6 Å². The lowest BCUT2D eigenvalue weighted by atomic mass is 9.86. The first kappa shape index (κ1) is 22.0. The van der Waals surface area contributed by atoms with Crippen LogP contribution < -0.4 is 0 Å². The maximum Gasteiger partial charge on any atom is 0.348 e. The largest absolute Gasteiger partial charge is 0.458 e. The van der Waals surface area contributed by atoms with E-state index >= 15 is 0 Å². The summed E-state index contributed by atoms with van der Waals surface area (Å²) in [5.41, 5.74) is 0.352. The average Bonchev–Trinajstić information content (AvgIpc) is 2.85. The Labute approximate surface area is 189 Å². The molecule has 32 heavy (non-hydrogen) atoms. The summed E-state index contributed by atoms with van der Waals surface area (Å²) in [5, 5.41) is 11.6. The summed E-state index contributed by atoms with van der Waals surface area (Å²) in [6.45, 7) is 2.42. The quantitative estimate of drug-likeness (QED) is 0.558. The van der Waals surface area contributed by atoms with Gasteiger partial charge in [-0.05, 0) is 36.1 Å². The smallest absolute Gasteiger partial charge is 0.348 e. The summed E-state index contributed by atoms with van der Waals surface area (Å²) in [6, 6.07) is 28.2. The van der Waals surface area contributed by atoms with E-state index in [1.807, 2.05) is 54.6 Å². The fourth-order valence-electron chi connectivity index (χ4n) is 4.17. The first-order valence-electron chi connectivity index (χ1n) is 11.1. The van der Waals surface area contributed by atoms with Gasteiger partial charge in [0.1, 0.15) is 6.10 Å². The zero-order chi connectivity index (χ0) is 22.2. The van der Waals surface area contributed by atoms with Crippen LogP contribution in [0.15, 0.2) is 97.1 Å². The highest BCUT2D eigenvalue weighted by Gasteiger charge is 2.43. The maximum absolute atomic E-state index is 13.3. The van der Waals surface area contributed by atoms with Gasteiger partial charge in [0.05, 0.1) is 0 Å². The third-order valence-corrected chi connectivity index (χ3v) is 5.89. The lowest BCUT2D eigenvalue weighted by Crippen LogP contribution is -2.45. The third kappa shape index (κ3) is 5.16. The second kappa shape index (κ2) is 10.4. The number of piperidine rings is 1. The molecule has 0 aliphatic carbocycles. The molecular weight excluding hydrogens is 398 g/mol. The van der Waals surface area contributed by atoms with Crippen LogP contribution >= 0.6 is 0 Å². The van der Waals surface area contributed by atoms with E-state index in [0.717, 1.165) is 25.9 Å². The van der Waals surface area contributed by atoms with Crippen molar-refractivity contribution in [3.63, 3.8) is 0 Å². The van der Waals surface area contributed by atoms with E-state index in [0.29, 0.717) is 17.7 Å². The number of ether oxygens (including phenoxy) is 1. The van der Waals surface area contributed by atoms with Gasteiger partial charge in [-0.25, -0.2) is 4.79 Å². The van der Waals surface area contributed by atoms with E-state index in [-0.39, 0.29) is 6.10 Å². The molecule has 4 heteroatoms. The summed E-state index contributed by atoms with van der Waals surface area (Å²) < 4.78 is 5.91. The molecule has 0 spiro atoms. The van der Waals surface area contributed by atoms with E-state index in [2.05, 4.69) is 29.2 Å². The maximum atomic E-state index is 13.3. The number of rotatable bonds is 7. The van der Waals surface area contributed by atoms with Gasteiger partial charge in [0.2, 0.25) is 5.60 Å². The van der Waals surface area contributed by atoms with Gasteiger partial charge in [-0.2, -0.15) is 0 Å². The Hall–Kier alpha value is -3.21. The minimum Gasteiger partial charge on any atom is -0.458 e. The summed E-state index contributed by atoms with van der Waals surface area (Å²) in [6.07, 6.45) is 5.75. The standard InChI is InChI=1S/C28H29NO3/c30-27(28(31,24-15-6-2-7-16-24)25-17-8-3-9-18-25)32-26-19-11-21-29(22-26)20-10-14-23-12-4-1-5-13-23/h1-10,12-18,26,31H,11,19-22H2/b14-10-/t26-/m0/s1. The van der Waals surface area contributed by atoms with Gasteiger partial charge in [0, 0.05) is 13.1 Å². The van der Waals surface area contributed by atoms with Crippen molar-refractivity contribution in [1.82, 2.24) is 4.90 Å². The van der Waals surface area contributed by atoms with Crippen LogP contribution in [0, 0.1) is 0 Å². The predicted octanol–water partition coefficient (Wildman–Crippen LogP) is 4.64. The number of carbonyl (C=O) groups excluding carboxylic acids is 1. The highest BCUT2D eigenvalue weighted by Crippen LogP contribution is 2.32. The Morgan fingerprint density at radius 2 is 1.50 bits per heavy atom. The van der Waals surface area contributed by atoms with Crippen LogP contribution in [0.5, 0.6) is 0 Å². The summed E-state index contributed by atoms with van der Waals surface area (Å²) in [7, 11) is 0. The first-order valence-corrected chi connectivity index (χ1v) is 11.1. The molecule has 1 atom stereocenters. The van der Waals surface area contributed by atoms with Gasteiger partial charge in [-0.15, -0.1) is 0 Å². The number of esters is 1. The molecule has 1 N–H and O–H groups in total. The van der Waals surface area contributed by atoms with Crippen LogP contribution in [0.1, 0.15) is 29.5 Å². The molecule has 4 nitrogen and oxygen atoms in total. The Morgan fingerprint density at radius 3 is 2.09 bits per heavy atom. The molecule has 0 bridgehead atoms. The van der Waals surface area contributed by atoms with Crippen molar-refractivity contribution >= 4 is 12.0 Å². The summed E-state index contributed by atoms with van der Waals surface area (Å²) in [5.74, 6) is -0.624. The molecule has 0 unspecified atom stereocenters. The number of likely N-dealkylation sites (tertiary alicyclic amines) is 1. The Bertz CT molecular complexity index is 979. The first-order chi connectivity index (χ1) is 15.7. The molecule has 0 radical (unpaired) electrons. The zero-order valence-corrected chi connectivity index (χ0v) is 18.1. The normalized spacial score (nSPS) is 17.3. The lowest BCUT2D eigenvalue weighted by molar-refractivity contribution is -0.170. The molecular formula is C28H29NO3. The van der Waals surface area contributed by atoms with E-state index in [4.69, 9.17) is 4.74 Å². The number of hydrogen-bond donors (Lipinski definition) is 1. The van der Waals surface area contributed by atoms with E-state index in [1.165, 1.54) is 5.56 Å². The van der Waals surface area contributed by atoms with Crippen LogP contribution in [0.2, 0.25) is 0 Å². The van der Waals surface area contributed by atoms with Crippen molar-refractivity contribution in [2.24, 2.45) is 0 Å². The Morgan fingerprint density at radius 1 is 0.938 bits per heavy atom. The van der Waals surface area contributed by atoms with Crippen molar-refractivity contribution in [3.05, 3.63) is 114 Å². The van der Waals surface area contributed by atoms with Gasteiger partial charge in [0.25, 0.3) is 0 Å². The van der Waals surface area contributed by atoms with Crippen LogP contribution in [-0.4, -0.2) is 41.7 Å². The van der Waals surface area contributed by atoms with Crippen LogP contribution in [-0.2, 0) is 15.1 Å². The molecule has 1 heterocycles. The molecule has 3 aromatic rings. The van der Waals surface area contributed by atoms with Crippen LogP contribution in [0.4, 0.5) is 0 Å². The van der Waals surface area contributed by atoms with Crippen LogP contribution in [0.25, 0.3) is 6.08 Å². The molecule has 1 fully saturated rings. The predicted molar refractivity (Wildman–Crippen MR) is 127 cm³/mol. The summed E-state index contributed by atoms with van der Waals surface area (Å²) in [4.78, 5) is 15.6. The van der Waals surface area contributed by atoms with Gasteiger partial charge < -0.3 is 9.84 Å². The topological polar surface area (TPSA) is 49.8 Å². The van der Waals surface area contributed by atoms with Crippen molar-refractivity contribution in [1.29, 1.82) is 0 Å². The van der Waals surface area contributed by atoms with Gasteiger partial charge in [-0.3, -0.25) is 4.90 Å². The SMILES string of the molecule is O=C(O[C@H]1CCCN(C/C=C\c2ccccc2)C1)C(O)(c1ccccc1)c1ccccc1. The Balaban J connectivity index is 1.44. The van der Waals surface area contributed by atoms with Crippen molar-refractivity contribution in [2.45, 2.75) is 24.5 Å². The van der Waals surface area contributed by atoms with Gasteiger partial charge in [0.15, 0.2) is 0 Å². The second-order valence-corrected chi connectivity index (χ2v) is 8.18. The highest BCUT2D eigenvalue weighted by atomic mass is 16.6. The average molecular weight is 428 g/mol. The molecule has 1 aliphatic rings. The lowest BCUT2D eigenvalue weighted by Gasteiger charge is -2.34. The monoisotopic (exact) mass is 427 g/mol. The van der Waals surface area contributed by atoms with E-state index in [9.17, 15) is 9.90 Å².